The number of nitrogen functional groups attached to an aromatic ring is 1. The number of alkyl halides is 6. The summed E-state index contributed by atoms with van der Waals surface area (Å²) < 4.78 is 134. The van der Waals surface area contributed by atoms with Crippen LogP contribution in [0.4, 0.5) is 43.4 Å². The third-order valence-electron chi connectivity index (χ3n) is 8.62. The summed E-state index contributed by atoms with van der Waals surface area (Å²) in [5.41, 5.74) is 6.93. The molecule has 6 rings (SSSR count). The molecule has 0 atom stereocenters. The van der Waals surface area contributed by atoms with Crippen molar-refractivity contribution >= 4 is 130 Å². The van der Waals surface area contributed by atoms with Gasteiger partial charge in [0.25, 0.3) is 20.0 Å². The van der Waals surface area contributed by atoms with Crippen molar-refractivity contribution in [3.63, 3.8) is 0 Å². The second kappa shape index (κ2) is 22.9. The van der Waals surface area contributed by atoms with Crippen molar-refractivity contribution in [1.82, 2.24) is 9.97 Å². The highest BCUT2D eigenvalue weighted by Gasteiger charge is 2.36. The van der Waals surface area contributed by atoms with Crippen LogP contribution in [-0.2, 0) is 48.4 Å². The Hall–Kier alpha value is -5.94. The van der Waals surface area contributed by atoms with Crippen molar-refractivity contribution in [3.05, 3.63) is 173 Å². The van der Waals surface area contributed by atoms with Gasteiger partial charge in [0, 0.05) is 29.2 Å². The van der Waals surface area contributed by atoms with Crippen molar-refractivity contribution < 1.29 is 62.4 Å². The van der Waals surface area contributed by atoms with Crippen molar-refractivity contribution in [2.45, 2.75) is 28.6 Å². The quantitative estimate of drug-likeness (QED) is 0.0389. The van der Waals surface area contributed by atoms with Gasteiger partial charge in [-0.25, -0.2) is 31.6 Å². The zero-order valence-electron chi connectivity index (χ0n) is 34.3. The van der Waals surface area contributed by atoms with Gasteiger partial charge in [-0.2, -0.15) is 26.3 Å². The predicted molar refractivity (Wildman–Crippen MR) is 251 cm³/mol. The number of sulfonamides is 2. The number of halogens is 12. The third-order valence-corrected chi connectivity index (χ3v) is 13.1. The SMILES string of the molecule is C=C=O.NC(=O)Cc1ccc(Cl)c(C(=O)c2ncc(Cl)cc2NS(=O)(=O)c2ccc(Cl)c(C(F)(F)F)c2)c1.Nc1ccc(Cl)c(C(=O)c2ncc(Cl)cc2NS(=O)(=O)c2ccc(Cl)c(C(F)(F)F)c2)c1. The van der Waals surface area contributed by atoms with E-state index in [0.29, 0.717) is 17.7 Å². The predicted octanol–water partition coefficient (Wildman–Crippen LogP) is 10.8. The van der Waals surface area contributed by atoms with Crippen LogP contribution in [0, 0.1) is 0 Å². The number of hydrogen-bond donors (Lipinski definition) is 4. The first-order valence-corrected chi connectivity index (χ1v) is 23.6. The van der Waals surface area contributed by atoms with Crippen LogP contribution >= 0.6 is 69.6 Å². The lowest BCUT2D eigenvalue weighted by Crippen LogP contribution is -2.18. The number of primary amides is 1. The number of nitrogens with zero attached hydrogens (tertiary/aromatic N) is 2. The van der Waals surface area contributed by atoms with E-state index in [9.17, 15) is 57.6 Å². The fourth-order valence-corrected chi connectivity index (χ4v) is 8.95. The van der Waals surface area contributed by atoms with E-state index in [1.807, 2.05) is 9.44 Å². The molecule has 2 aromatic heterocycles. The van der Waals surface area contributed by atoms with Gasteiger partial charge in [0.05, 0.1) is 68.8 Å². The topological polar surface area (TPSA) is 238 Å². The van der Waals surface area contributed by atoms with Gasteiger partial charge < -0.3 is 11.5 Å². The van der Waals surface area contributed by atoms with Crippen molar-refractivity contribution in [3.8, 4) is 0 Å². The molecule has 0 saturated carbocycles. The molecule has 70 heavy (non-hydrogen) atoms. The maximum absolute atomic E-state index is 13.2. The van der Waals surface area contributed by atoms with Crippen molar-refractivity contribution in [2.24, 2.45) is 5.73 Å². The fraction of sp³-hybridized carbons (Fsp3) is 0.0714. The van der Waals surface area contributed by atoms with Crippen LogP contribution in [-0.4, -0.2) is 50.2 Å². The smallest absolute Gasteiger partial charge is 0.399 e. The second-order valence-corrected chi connectivity index (χ2v) is 19.5. The Labute approximate surface area is 422 Å². The minimum atomic E-state index is -4.91. The number of benzene rings is 4. The summed E-state index contributed by atoms with van der Waals surface area (Å²) in [6.07, 6.45) is -7.82. The number of anilines is 3. The van der Waals surface area contributed by atoms with Crippen LogP contribution in [0.25, 0.3) is 0 Å². The summed E-state index contributed by atoms with van der Waals surface area (Å²) in [6, 6.07) is 14.4. The van der Waals surface area contributed by atoms with E-state index in [1.54, 1.807) is 0 Å². The zero-order chi connectivity index (χ0) is 52.7. The highest BCUT2D eigenvalue weighted by atomic mass is 35.5. The van der Waals surface area contributed by atoms with Gasteiger partial charge in [-0.1, -0.05) is 75.7 Å². The summed E-state index contributed by atoms with van der Waals surface area (Å²) in [7, 11) is -9.26. The molecule has 0 radical (unpaired) electrons. The molecule has 14 nitrogen and oxygen atoms in total. The Morgan fingerprint density at radius 2 is 0.971 bits per heavy atom. The fourth-order valence-electron chi connectivity index (χ4n) is 5.61. The molecule has 0 aliphatic carbocycles. The minimum Gasteiger partial charge on any atom is -0.399 e. The molecule has 6 N–H and O–H groups in total. The molecule has 368 valence electrons. The van der Waals surface area contributed by atoms with Crippen LogP contribution in [0.3, 0.4) is 0 Å². The van der Waals surface area contributed by atoms with Crippen molar-refractivity contribution in [1.29, 1.82) is 0 Å². The normalized spacial score (nSPS) is 11.5. The zero-order valence-corrected chi connectivity index (χ0v) is 40.5. The Kier molecular flexibility index (Phi) is 18.5. The van der Waals surface area contributed by atoms with Gasteiger partial charge in [0.2, 0.25) is 17.5 Å². The number of aromatic nitrogens is 2. The van der Waals surface area contributed by atoms with Gasteiger partial charge in [-0.15, -0.1) is 0 Å². The summed E-state index contributed by atoms with van der Waals surface area (Å²) >= 11 is 35.1. The maximum atomic E-state index is 13.2. The molecular weight excluding hydrogens is 1110 g/mol. The van der Waals surface area contributed by atoms with Gasteiger partial charge in [-0.05, 0) is 91.0 Å². The monoisotopic (exact) mass is 1130 g/mol. The lowest BCUT2D eigenvalue weighted by molar-refractivity contribution is -0.138. The summed E-state index contributed by atoms with van der Waals surface area (Å²) in [4.78, 5) is 52.2. The highest BCUT2D eigenvalue weighted by molar-refractivity contribution is 7.93. The van der Waals surface area contributed by atoms with E-state index >= 15 is 0 Å². The number of rotatable bonds is 12. The molecule has 0 saturated heterocycles. The number of nitrogens with two attached hydrogens (primary N) is 2. The summed E-state index contributed by atoms with van der Waals surface area (Å²) in [5.74, 6) is -1.04. The lowest BCUT2D eigenvalue weighted by Gasteiger charge is -2.15. The molecule has 1 amide bonds. The van der Waals surface area contributed by atoms with E-state index in [1.165, 1.54) is 42.3 Å². The van der Waals surface area contributed by atoms with Gasteiger partial charge >= 0.3 is 12.4 Å². The summed E-state index contributed by atoms with van der Waals surface area (Å²) in [6.45, 7) is 2.68. The van der Waals surface area contributed by atoms with Crippen LogP contribution in [0.5, 0.6) is 0 Å². The molecule has 6 aromatic rings. The van der Waals surface area contributed by atoms with Crippen LogP contribution in [0.2, 0.25) is 30.1 Å². The second-order valence-electron chi connectivity index (χ2n) is 13.6. The van der Waals surface area contributed by atoms with Gasteiger partial charge in [0.1, 0.15) is 17.3 Å². The molecule has 0 spiro atoms. The average molecular weight is 1130 g/mol. The number of hydrogen-bond acceptors (Lipinski definition) is 11. The number of carbonyl (C=O) groups excluding carboxylic acids is 4. The standard InChI is InChI=1S/C21H13Cl3F3N3O4S.C19H11Cl3F3N3O3S.C2H2O/c22-11-7-17(30-35(33,34)12-2-4-16(24)14(8-12)21(25,26)27)19(29-9-11)20(32)13-5-10(6-18(28)31)1-3-15(13)23;20-9-5-16(17(27-8-9)18(29)12-6-10(26)1-3-14(12)21)28-32(30,31)11-2-4-15(22)13(7-11)19(23,24)25;1-2-3/h1-5,7-9,30H,6H2,(H2,28,31);1-8,28H,26H2;1H2. The minimum absolute atomic E-state index is 0.0266. The first-order valence-electron chi connectivity index (χ1n) is 18.4. The molecule has 0 aliphatic heterocycles. The van der Waals surface area contributed by atoms with E-state index < -0.39 is 97.9 Å². The Morgan fingerprint density at radius 1 is 0.600 bits per heavy atom. The highest BCUT2D eigenvalue weighted by Crippen LogP contribution is 2.38. The van der Waals surface area contributed by atoms with E-state index in [-0.39, 0.29) is 49.0 Å². The molecule has 0 bridgehead atoms. The average Bonchev–Trinajstić information content (AvgIpc) is 3.24. The Morgan fingerprint density at radius 3 is 1.36 bits per heavy atom. The molecule has 2 heterocycles. The molecule has 0 aliphatic rings. The molecular formula is C42H26Cl6F6N6O8S2. The number of amides is 1. The van der Waals surface area contributed by atoms with E-state index in [4.69, 9.17) is 85.9 Å². The van der Waals surface area contributed by atoms with Gasteiger partial charge in [0.15, 0.2) is 0 Å². The lowest BCUT2D eigenvalue weighted by atomic mass is 10.0. The van der Waals surface area contributed by atoms with Crippen molar-refractivity contribution in [2.75, 3.05) is 15.2 Å². The molecule has 0 unspecified atom stereocenters. The Bertz CT molecular complexity index is 3310. The molecule has 4 aromatic carbocycles. The number of ketones is 2. The maximum Gasteiger partial charge on any atom is 0.417 e. The van der Waals surface area contributed by atoms with Crippen LogP contribution < -0.4 is 20.9 Å². The van der Waals surface area contributed by atoms with E-state index in [2.05, 4.69) is 16.5 Å². The number of pyridine rings is 2. The summed E-state index contributed by atoms with van der Waals surface area (Å²) in [5, 5.41) is -1.47. The van der Waals surface area contributed by atoms with Gasteiger partial charge in [-0.3, -0.25) is 23.8 Å². The number of nitrogens with one attached hydrogen (secondary N) is 2. The molecule has 0 fully saturated rings. The first kappa shape index (κ1) is 56.6. The number of carbonyl (C=O) groups is 3. The van der Waals surface area contributed by atoms with Crippen LogP contribution in [0.1, 0.15) is 48.8 Å². The first-order chi connectivity index (χ1) is 32.4. The Balaban J connectivity index is 0.000000289. The van der Waals surface area contributed by atoms with E-state index in [0.717, 1.165) is 48.8 Å². The largest absolute Gasteiger partial charge is 0.417 e. The third kappa shape index (κ3) is 14.6. The molecule has 28 heteroatoms. The van der Waals surface area contributed by atoms with Crippen LogP contribution in [0.15, 0.2) is 114 Å².